The minimum Gasteiger partial charge on any atom is -0.487 e. The first-order valence-electron chi connectivity index (χ1n) is 10.7. The minimum absolute atomic E-state index is 0.142. The van der Waals surface area contributed by atoms with E-state index in [9.17, 15) is 40.3 Å². The lowest BCUT2D eigenvalue weighted by Crippen LogP contribution is -2.44. The number of aromatic nitrogens is 2. The monoisotopic (exact) mass is 550 g/mol. The first-order chi connectivity index (χ1) is 17.2. The number of hydrogen-bond donors (Lipinski definition) is 1. The summed E-state index contributed by atoms with van der Waals surface area (Å²) in [6, 6.07) is 8.85. The molecule has 1 aromatic heterocycles. The summed E-state index contributed by atoms with van der Waals surface area (Å²) >= 11 is 0. The van der Waals surface area contributed by atoms with Crippen LogP contribution in [0.3, 0.4) is 0 Å². The van der Waals surface area contributed by atoms with E-state index in [1.807, 2.05) is 0 Å². The van der Waals surface area contributed by atoms with Crippen molar-refractivity contribution in [2.24, 2.45) is 0 Å². The lowest BCUT2D eigenvalue weighted by molar-refractivity contribution is -0.148. The fraction of sp³-hybridized carbons (Fsp3) is 0.348. The van der Waals surface area contributed by atoms with Crippen LogP contribution in [0.1, 0.15) is 18.5 Å². The summed E-state index contributed by atoms with van der Waals surface area (Å²) in [6.45, 7) is -1.06. The van der Waals surface area contributed by atoms with Crippen molar-refractivity contribution < 1.29 is 44.4 Å². The fourth-order valence-corrected chi connectivity index (χ4v) is 3.88. The molecule has 0 fully saturated rings. The molecule has 0 radical (unpaired) electrons. The molecule has 3 aromatic rings. The van der Waals surface area contributed by atoms with Crippen molar-refractivity contribution in [2.45, 2.75) is 30.9 Å². The molecule has 0 aliphatic carbocycles. The number of imidazole rings is 1. The SMILES string of the molecule is C[C@@H](n1ccn(-c2ccc(OCC(F)(F)C(F)F)cc2)c1=O)[C@@](O)(COS(C)(=O)=O)c1ccccc1F. The molecule has 1 heterocycles. The van der Waals surface area contributed by atoms with Crippen molar-refractivity contribution in [3.05, 3.63) is 82.8 Å². The molecule has 8 nitrogen and oxygen atoms in total. The van der Waals surface area contributed by atoms with Crippen LogP contribution >= 0.6 is 0 Å². The molecule has 0 amide bonds. The molecule has 202 valence electrons. The van der Waals surface area contributed by atoms with Crippen LogP contribution in [0.25, 0.3) is 5.69 Å². The Morgan fingerprint density at radius 2 is 1.65 bits per heavy atom. The van der Waals surface area contributed by atoms with E-state index in [1.54, 1.807) is 0 Å². The quantitative estimate of drug-likeness (QED) is 0.290. The van der Waals surface area contributed by atoms with Crippen LogP contribution in [0.2, 0.25) is 0 Å². The molecule has 0 bridgehead atoms. The van der Waals surface area contributed by atoms with Gasteiger partial charge in [0.05, 0.1) is 18.0 Å². The summed E-state index contributed by atoms with van der Waals surface area (Å²) in [5, 5.41) is 11.4. The van der Waals surface area contributed by atoms with Crippen molar-refractivity contribution in [1.29, 1.82) is 0 Å². The number of ether oxygens (including phenoxy) is 1. The highest BCUT2D eigenvalue weighted by molar-refractivity contribution is 7.85. The van der Waals surface area contributed by atoms with Gasteiger partial charge in [-0.3, -0.25) is 13.3 Å². The van der Waals surface area contributed by atoms with Crippen molar-refractivity contribution >= 4 is 10.1 Å². The van der Waals surface area contributed by atoms with Crippen LogP contribution in [-0.2, 0) is 19.9 Å². The number of rotatable bonds is 11. The number of hydrogen-bond acceptors (Lipinski definition) is 6. The van der Waals surface area contributed by atoms with Gasteiger partial charge in [-0.1, -0.05) is 18.2 Å². The largest absolute Gasteiger partial charge is 0.487 e. The normalized spacial score (nSPS) is 14.9. The number of benzene rings is 2. The maximum absolute atomic E-state index is 14.6. The first-order valence-corrected chi connectivity index (χ1v) is 12.5. The molecule has 1 N–H and O–H groups in total. The van der Waals surface area contributed by atoms with E-state index in [0.717, 1.165) is 21.5 Å². The van der Waals surface area contributed by atoms with Gasteiger partial charge in [-0.2, -0.15) is 17.2 Å². The Kier molecular flexibility index (Phi) is 8.15. The molecule has 0 aliphatic heterocycles. The molecule has 0 saturated carbocycles. The number of alkyl halides is 4. The Hall–Kier alpha value is -3.23. The van der Waals surface area contributed by atoms with Gasteiger partial charge in [-0.15, -0.1) is 0 Å². The lowest BCUT2D eigenvalue weighted by Gasteiger charge is -2.34. The maximum Gasteiger partial charge on any atom is 0.340 e. The first kappa shape index (κ1) is 28.3. The summed E-state index contributed by atoms with van der Waals surface area (Å²) < 4.78 is 100. The van der Waals surface area contributed by atoms with Gasteiger partial charge >= 0.3 is 18.0 Å². The minimum atomic E-state index is -4.33. The van der Waals surface area contributed by atoms with Gasteiger partial charge in [0.2, 0.25) is 0 Å². The summed E-state index contributed by atoms with van der Waals surface area (Å²) in [5.74, 6) is -5.33. The zero-order chi connectivity index (χ0) is 27.6. The van der Waals surface area contributed by atoms with Gasteiger partial charge in [0.25, 0.3) is 10.1 Å². The van der Waals surface area contributed by atoms with E-state index < -0.39 is 58.8 Å². The molecule has 3 rings (SSSR count). The standard InChI is InChI=1S/C23H23F5N2O6S/c1-15(22(32,13-36-37(2,33)34)18-5-3-4-6-19(18)24)29-11-12-30(21(29)31)16-7-9-17(10-8-16)35-14-23(27,28)20(25)26/h3-12,15,20,32H,13-14H2,1-2H3/t15-,22+/m1/s1. The second-order valence-corrected chi connectivity index (χ2v) is 9.89. The summed E-state index contributed by atoms with van der Waals surface area (Å²) in [4.78, 5) is 13.1. The van der Waals surface area contributed by atoms with E-state index in [0.29, 0.717) is 0 Å². The van der Waals surface area contributed by atoms with Crippen LogP contribution in [0.4, 0.5) is 22.0 Å². The van der Waals surface area contributed by atoms with Crippen molar-refractivity contribution in [3.8, 4) is 11.4 Å². The second-order valence-electron chi connectivity index (χ2n) is 8.25. The van der Waals surface area contributed by atoms with Crippen molar-refractivity contribution in [2.75, 3.05) is 19.5 Å². The Morgan fingerprint density at radius 1 is 1.03 bits per heavy atom. The highest BCUT2D eigenvalue weighted by Crippen LogP contribution is 2.35. The van der Waals surface area contributed by atoms with Gasteiger partial charge in [0.15, 0.2) is 6.61 Å². The highest BCUT2D eigenvalue weighted by Gasteiger charge is 2.42. The summed E-state index contributed by atoms with van der Waals surface area (Å²) in [6.07, 6.45) is -0.562. The van der Waals surface area contributed by atoms with Gasteiger partial charge < -0.3 is 9.84 Å². The Labute approximate surface area is 208 Å². The molecule has 2 atom stereocenters. The average Bonchev–Trinajstić information content (AvgIpc) is 3.22. The molecular formula is C23H23F5N2O6S. The third-order valence-corrected chi connectivity index (χ3v) is 6.16. The van der Waals surface area contributed by atoms with E-state index in [4.69, 9.17) is 8.92 Å². The van der Waals surface area contributed by atoms with Crippen LogP contribution in [0.15, 0.2) is 65.7 Å². The molecular weight excluding hydrogens is 527 g/mol. The second kappa shape index (κ2) is 10.6. The van der Waals surface area contributed by atoms with E-state index in [-0.39, 0.29) is 17.0 Å². The zero-order valence-corrected chi connectivity index (χ0v) is 20.3. The summed E-state index contributed by atoms with van der Waals surface area (Å²) in [7, 11) is -4.04. The predicted octanol–water partition coefficient (Wildman–Crippen LogP) is 3.48. The number of halogens is 5. The Balaban J connectivity index is 1.91. The molecule has 0 spiro atoms. The van der Waals surface area contributed by atoms with Gasteiger partial charge in [0.1, 0.15) is 23.8 Å². The Morgan fingerprint density at radius 3 is 2.22 bits per heavy atom. The van der Waals surface area contributed by atoms with E-state index >= 15 is 0 Å². The van der Waals surface area contributed by atoms with E-state index in [1.165, 1.54) is 61.8 Å². The van der Waals surface area contributed by atoms with E-state index in [2.05, 4.69) is 0 Å². The average molecular weight is 551 g/mol. The highest BCUT2D eigenvalue weighted by atomic mass is 32.2. The molecule has 0 saturated heterocycles. The van der Waals surface area contributed by atoms with Gasteiger partial charge in [-0.05, 0) is 37.3 Å². The Bertz CT molecular complexity index is 1390. The molecule has 37 heavy (non-hydrogen) atoms. The maximum atomic E-state index is 14.6. The third-order valence-electron chi connectivity index (χ3n) is 5.61. The zero-order valence-electron chi connectivity index (χ0n) is 19.5. The lowest BCUT2D eigenvalue weighted by atomic mass is 9.87. The number of aliphatic hydroxyl groups is 1. The predicted molar refractivity (Wildman–Crippen MR) is 122 cm³/mol. The van der Waals surface area contributed by atoms with Crippen LogP contribution in [0, 0.1) is 5.82 Å². The van der Waals surface area contributed by atoms with Crippen molar-refractivity contribution in [3.63, 3.8) is 0 Å². The van der Waals surface area contributed by atoms with Crippen LogP contribution in [-0.4, -0.2) is 54.5 Å². The smallest absolute Gasteiger partial charge is 0.340 e. The summed E-state index contributed by atoms with van der Waals surface area (Å²) in [5.41, 5.74) is -3.09. The topological polar surface area (TPSA) is 99.8 Å². The fourth-order valence-electron chi connectivity index (χ4n) is 3.49. The molecule has 2 aromatic carbocycles. The molecule has 0 unspecified atom stereocenters. The van der Waals surface area contributed by atoms with Gasteiger partial charge in [0, 0.05) is 18.0 Å². The van der Waals surface area contributed by atoms with Gasteiger partial charge in [-0.25, -0.2) is 18.0 Å². The molecule has 14 heteroatoms. The molecule has 0 aliphatic rings. The third kappa shape index (κ3) is 6.37. The van der Waals surface area contributed by atoms with Crippen LogP contribution < -0.4 is 10.4 Å². The number of nitrogens with zero attached hydrogens (tertiary/aromatic N) is 2. The van der Waals surface area contributed by atoms with Crippen molar-refractivity contribution in [1.82, 2.24) is 9.13 Å². The van der Waals surface area contributed by atoms with Crippen LogP contribution in [0.5, 0.6) is 5.75 Å².